The van der Waals surface area contributed by atoms with Gasteiger partial charge in [0.05, 0.1) is 7.11 Å². The summed E-state index contributed by atoms with van der Waals surface area (Å²) in [5.74, 6) is 0.868. The predicted molar refractivity (Wildman–Crippen MR) is 99.1 cm³/mol. The zero-order chi connectivity index (χ0) is 18.5. The molecule has 26 heavy (non-hydrogen) atoms. The van der Waals surface area contributed by atoms with Gasteiger partial charge in [-0.25, -0.2) is 4.63 Å². The van der Waals surface area contributed by atoms with Gasteiger partial charge >= 0.3 is 0 Å². The molecule has 1 unspecified atom stereocenters. The topological polar surface area (TPSA) is 86.5 Å². The van der Waals surface area contributed by atoms with E-state index in [2.05, 4.69) is 31.6 Å². The highest BCUT2D eigenvalue weighted by atomic mass is 79.9. The van der Waals surface area contributed by atoms with Crippen molar-refractivity contribution in [3.8, 4) is 22.8 Å². The minimum absolute atomic E-state index is 0.229. The van der Waals surface area contributed by atoms with Crippen molar-refractivity contribution in [1.29, 1.82) is 0 Å². The lowest BCUT2D eigenvalue weighted by Crippen LogP contribution is -2.30. The van der Waals surface area contributed by atoms with Crippen LogP contribution in [0.15, 0.2) is 57.6 Å². The van der Waals surface area contributed by atoms with Gasteiger partial charge in [-0.2, -0.15) is 0 Å². The van der Waals surface area contributed by atoms with E-state index in [1.165, 1.54) is 0 Å². The summed E-state index contributed by atoms with van der Waals surface area (Å²) in [6.45, 7) is 1.63. The van der Waals surface area contributed by atoms with Crippen LogP contribution in [-0.4, -0.2) is 29.4 Å². The normalized spacial score (nSPS) is 11.7. The van der Waals surface area contributed by atoms with Crippen LogP contribution < -0.4 is 14.8 Å². The van der Waals surface area contributed by atoms with Crippen molar-refractivity contribution >= 4 is 27.7 Å². The maximum absolute atomic E-state index is 12.5. The standard InChI is InChI=1S/C18H16BrN3O4/c1-11(25-15-6-4-3-5-14(15)24-2)18(23)20-17-16(21-26-22-17)12-7-9-13(19)10-8-12/h3-11H,1-2H3,(H,20,22,23). The van der Waals surface area contributed by atoms with E-state index in [9.17, 15) is 4.79 Å². The summed E-state index contributed by atoms with van der Waals surface area (Å²) in [6, 6.07) is 14.5. The number of anilines is 1. The highest BCUT2D eigenvalue weighted by Gasteiger charge is 2.21. The molecule has 7 nitrogen and oxygen atoms in total. The Balaban J connectivity index is 1.72. The number of carbonyl (C=O) groups excluding carboxylic acids is 1. The van der Waals surface area contributed by atoms with E-state index in [0.717, 1.165) is 10.0 Å². The van der Waals surface area contributed by atoms with Crippen molar-refractivity contribution in [1.82, 2.24) is 10.3 Å². The van der Waals surface area contributed by atoms with E-state index in [4.69, 9.17) is 14.1 Å². The van der Waals surface area contributed by atoms with Crippen LogP contribution in [0.3, 0.4) is 0 Å². The molecule has 0 aliphatic heterocycles. The Morgan fingerprint density at radius 3 is 2.50 bits per heavy atom. The minimum atomic E-state index is -0.777. The zero-order valence-electron chi connectivity index (χ0n) is 14.1. The molecule has 0 saturated carbocycles. The van der Waals surface area contributed by atoms with Crippen LogP contribution in [0.1, 0.15) is 6.92 Å². The molecule has 134 valence electrons. The second kappa shape index (κ2) is 8.01. The van der Waals surface area contributed by atoms with Gasteiger partial charge in [0, 0.05) is 10.0 Å². The van der Waals surface area contributed by atoms with Crippen LogP contribution in [0.2, 0.25) is 0 Å². The van der Waals surface area contributed by atoms with Crippen molar-refractivity contribution < 1.29 is 18.9 Å². The summed E-state index contributed by atoms with van der Waals surface area (Å²) >= 11 is 3.37. The summed E-state index contributed by atoms with van der Waals surface area (Å²) in [5, 5.41) is 10.3. The maximum atomic E-state index is 12.5. The van der Waals surface area contributed by atoms with E-state index in [-0.39, 0.29) is 11.7 Å². The number of carbonyl (C=O) groups is 1. The SMILES string of the molecule is COc1ccccc1OC(C)C(=O)Nc1nonc1-c1ccc(Br)cc1. The van der Waals surface area contributed by atoms with Gasteiger partial charge in [0.15, 0.2) is 23.3 Å². The Labute approximate surface area is 158 Å². The van der Waals surface area contributed by atoms with Crippen molar-refractivity contribution in [3.63, 3.8) is 0 Å². The number of amides is 1. The number of nitrogens with one attached hydrogen (secondary N) is 1. The fourth-order valence-electron chi connectivity index (χ4n) is 2.25. The molecule has 3 rings (SSSR count). The smallest absolute Gasteiger partial charge is 0.266 e. The van der Waals surface area contributed by atoms with Gasteiger partial charge in [-0.3, -0.25) is 4.79 Å². The summed E-state index contributed by atoms with van der Waals surface area (Å²) in [7, 11) is 1.54. The summed E-state index contributed by atoms with van der Waals surface area (Å²) < 4.78 is 16.6. The highest BCUT2D eigenvalue weighted by Crippen LogP contribution is 2.28. The van der Waals surface area contributed by atoms with Gasteiger partial charge in [-0.15, -0.1) is 0 Å². The molecule has 3 aromatic rings. The van der Waals surface area contributed by atoms with Crippen LogP contribution in [-0.2, 0) is 4.79 Å². The molecule has 0 spiro atoms. The second-order valence-electron chi connectivity index (χ2n) is 5.37. The maximum Gasteiger partial charge on any atom is 0.266 e. The number of nitrogens with zero attached hydrogens (tertiary/aromatic N) is 2. The van der Waals surface area contributed by atoms with Gasteiger partial charge in [0.25, 0.3) is 5.91 Å². The van der Waals surface area contributed by atoms with E-state index in [0.29, 0.717) is 17.2 Å². The molecule has 0 aliphatic rings. The van der Waals surface area contributed by atoms with E-state index >= 15 is 0 Å². The van der Waals surface area contributed by atoms with Gasteiger partial charge in [-0.05, 0) is 41.5 Å². The average Bonchev–Trinajstić information content (AvgIpc) is 3.10. The average molecular weight is 418 g/mol. The lowest BCUT2D eigenvalue weighted by atomic mass is 10.1. The number of benzene rings is 2. The number of aromatic nitrogens is 2. The van der Waals surface area contributed by atoms with Crippen molar-refractivity contribution in [3.05, 3.63) is 53.0 Å². The minimum Gasteiger partial charge on any atom is -0.493 e. The molecule has 0 fully saturated rings. The first-order chi connectivity index (χ1) is 12.6. The van der Waals surface area contributed by atoms with Crippen LogP contribution in [0.25, 0.3) is 11.3 Å². The Kier molecular flexibility index (Phi) is 5.52. The molecule has 0 radical (unpaired) electrons. The largest absolute Gasteiger partial charge is 0.493 e. The van der Waals surface area contributed by atoms with E-state index < -0.39 is 6.10 Å². The Bertz CT molecular complexity index is 895. The Morgan fingerprint density at radius 1 is 1.12 bits per heavy atom. The lowest BCUT2D eigenvalue weighted by molar-refractivity contribution is -0.122. The quantitative estimate of drug-likeness (QED) is 0.653. The van der Waals surface area contributed by atoms with Gasteiger partial charge in [0.1, 0.15) is 0 Å². The number of rotatable bonds is 6. The molecule has 0 aliphatic carbocycles. The molecule has 8 heteroatoms. The molecular formula is C18H16BrN3O4. The number of ether oxygens (including phenoxy) is 2. The molecule has 1 N–H and O–H groups in total. The first-order valence-corrected chi connectivity index (χ1v) is 8.57. The third-order valence-electron chi connectivity index (χ3n) is 3.59. The van der Waals surface area contributed by atoms with Crippen LogP contribution in [0.4, 0.5) is 5.82 Å². The van der Waals surface area contributed by atoms with E-state index in [1.807, 2.05) is 30.3 Å². The number of hydrogen-bond donors (Lipinski definition) is 1. The molecule has 1 heterocycles. The first-order valence-electron chi connectivity index (χ1n) is 7.77. The fraction of sp³-hybridized carbons (Fsp3) is 0.167. The lowest BCUT2D eigenvalue weighted by Gasteiger charge is -2.16. The van der Waals surface area contributed by atoms with Crippen LogP contribution in [0, 0.1) is 0 Å². The first kappa shape index (κ1) is 17.9. The van der Waals surface area contributed by atoms with Crippen molar-refractivity contribution in [2.45, 2.75) is 13.0 Å². The number of para-hydroxylation sites is 2. The third-order valence-corrected chi connectivity index (χ3v) is 4.12. The Morgan fingerprint density at radius 2 is 1.81 bits per heavy atom. The number of halogens is 1. The molecule has 0 saturated heterocycles. The van der Waals surface area contributed by atoms with Crippen LogP contribution in [0.5, 0.6) is 11.5 Å². The molecule has 2 aromatic carbocycles. The number of methoxy groups -OCH3 is 1. The van der Waals surface area contributed by atoms with Gasteiger partial charge in [-0.1, -0.05) is 40.2 Å². The molecule has 0 bridgehead atoms. The molecule has 1 atom stereocenters. The molecule has 1 aromatic heterocycles. The third kappa shape index (κ3) is 4.02. The zero-order valence-corrected chi connectivity index (χ0v) is 15.7. The van der Waals surface area contributed by atoms with Crippen molar-refractivity contribution in [2.75, 3.05) is 12.4 Å². The van der Waals surface area contributed by atoms with Gasteiger partial charge < -0.3 is 14.8 Å². The summed E-state index contributed by atoms with van der Waals surface area (Å²) in [4.78, 5) is 12.5. The van der Waals surface area contributed by atoms with Crippen LogP contribution >= 0.6 is 15.9 Å². The van der Waals surface area contributed by atoms with Gasteiger partial charge in [0.2, 0.25) is 5.82 Å². The molecule has 1 amide bonds. The predicted octanol–water partition coefficient (Wildman–Crippen LogP) is 3.91. The second-order valence-corrected chi connectivity index (χ2v) is 6.28. The highest BCUT2D eigenvalue weighted by molar-refractivity contribution is 9.10. The summed E-state index contributed by atoms with van der Waals surface area (Å²) in [5.41, 5.74) is 1.21. The summed E-state index contributed by atoms with van der Waals surface area (Å²) in [6.07, 6.45) is -0.777. The van der Waals surface area contributed by atoms with E-state index in [1.54, 1.807) is 32.2 Å². The molecular weight excluding hydrogens is 402 g/mol. The number of hydrogen-bond acceptors (Lipinski definition) is 6. The fourth-order valence-corrected chi connectivity index (χ4v) is 2.51. The van der Waals surface area contributed by atoms with Crippen molar-refractivity contribution in [2.24, 2.45) is 0 Å². The Hall–Kier alpha value is -2.87. The monoisotopic (exact) mass is 417 g/mol.